The molecule has 2 N–H and O–H groups in total. The molecule has 0 spiro atoms. The van der Waals surface area contributed by atoms with Crippen LogP contribution in [-0.2, 0) is 16.0 Å². The highest BCUT2D eigenvalue weighted by molar-refractivity contribution is 5.98. The molecule has 2 amide bonds. The second-order valence-corrected chi connectivity index (χ2v) is 7.11. The smallest absolute Gasteiger partial charge is 0.326 e. The van der Waals surface area contributed by atoms with Gasteiger partial charge < -0.3 is 15.3 Å². The van der Waals surface area contributed by atoms with E-state index in [2.05, 4.69) is 5.32 Å². The fourth-order valence-electron chi connectivity index (χ4n) is 3.48. The molecule has 0 saturated carbocycles. The van der Waals surface area contributed by atoms with Crippen molar-refractivity contribution in [3.05, 3.63) is 71.3 Å². The summed E-state index contributed by atoms with van der Waals surface area (Å²) in [6.45, 7) is 2.37. The first-order valence-electron chi connectivity index (χ1n) is 9.40. The number of likely N-dealkylation sites (tertiary alicyclic amines) is 1. The lowest BCUT2D eigenvalue weighted by atomic mass is 10.0. The van der Waals surface area contributed by atoms with Gasteiger partial charge in [-0.05, 0) is 37.5 Å². The molecule has 0 bridgehead atoms. The van der Waals surface area contributed by atoms with Gasteiger partial charge in [0.25, 0.3) is 5.91 Å². The molecule has 3 rings (SSSR count). The van der Waals surface area contributed by atoms with Crippen molar-refractivity contribution in [1.29, 1.82) is 0 Å². The average molecular weight is 380 g/mol. The highest BCUT2D eigenvalue weighted by atomic mass is 16.4. The minimum atomic E-state index is -1.01. The molecule has 0 radical (unpaired) electrons. The van der Waals surface area contributed by atoms with Gasteiger partial charge in [0, 0.05) is 18.5 Å². The number of aliphatic carboxylic acids is 1. The zero-order chi connectivity index (χ0) is 20.1. The maximum absolute atomic E-state index is 13.1. The molecule has 0 aliphatic carbocycles. The fraction of sp³-hybridized carbons (Fsp3) is 0.318. The van der Waals surface area contributed by atoms with Gasteiger partial charge in [-0.25, -0.2) is 4.79 Å². The van der Waals surface area contributed by atoms with E-state index in [1.807, 2.05) is 37.3 Å². The number of rotatable bonds is 6. The first-order chi connectivity index (χ1) is 13.5. The second-order valence-electron chi connectivity index (χ2n) is 7.11. The Hall–Kier alpha value is -3.15. The Morgan fingerprint density at radius 1 is 1.11 bits per heavy atom. The van der Waals surface area contributed by atoms with Gasteiger partial charge in [-0.15, -0.1) is 0 Å². The molecule has 1 fully saturated rings. The van der Waals surface area contributed by atoms with Gasteiger partial charge in [-0.3, -0.25) is 9.59 Å². The van der Waals surface area contributed by atoms with Crippen LogP contribution in [0.3, 0.4) is 0 Å². The summed E-state index contributed by atoms with van der Waals surface area (Å²) in [7, 11) is 0. The SMILES string of the molecule is Cc1ccc(C[C@H](NC(=O)c2ccccc2)C(=O)N2CCC[C@@H]2C(=O)O)cc1. The molecule has 2 aromatic carbocycles. The number of carbonyl (C=O) groups excluding carboxylic acids is 2. The molecule has 2 atom stereocenters. The minimum absolute atomic E-state index is 0.306. The van der Waals surface area contributed by atoms with E-state index in [4.69, 9.17) is 0 Å². The molecule has 2 aromatic rings. The van der Waals surface area contributed by atoms with Gasteiger partial charge >= 0.3 is 5.97 Å². The molecule has 1 aliphatic heterocycles. The van der Waals surface area contributed by atoms with E-state index in [0.717, 1.165) is 11.1 Å². The van der Waals surface area contributed by atoms with E-state index in [9.17, 15) is 19.5 Å². The van der Waals surface area contributed by atoms with Gasteiger partial charge in [0.2, 0.25) is 5.91 Å². The van der Waals surface area contributed by atoms with E-state index in [-0.39, 0.29) is 11.8 Å². The minimum Gasteiger partial charge on any atom is -0.480 e. The Morgan fingerprint density at radius 2 is 1.79 bits per heavy atom. The van der Waals surface area contributed by atoms with Crippen molar-refractivity contribution in [3.8, 4) is 0 Å². The van der Waals surface area contributed by atoms with Gasteiger partial charge in [0.1, 0.15) is 12.1 Å². The monoisotopic (exact) mass is 380 g/mol. The van der Waals surface area contributed by atoms with E-state index in [1.54, 1.807) is 24.3 Å². The summed E-state index contributed by atoms with van der Waals surface area (Å²) in [4.78, 5) is 38.7. The second kappa shape index (κ2) is 8.69. The van der Waals surface area contributed by atoms with E-state index >= 15 is 0 Å². The Balaban J connectivity index is 1.82. The molecule has 1 aliphatic rings. The van der Waals surface area contributed by atoms with Crippen LogP contribution >= 0.6 is 0 Å². The topological polar surface area (TPSA) is 86.7 Å². The summed E-state index contributed by atoms with van der Waals surface area (Å²) < 4.78 is 0. The van der Waals surface area contributed by atoms with Crippen molar-refractivity contribution in [3.63, 3.8) is 0 Å². The van der Waals surface area contributed by atoms with E-state index in [0.29, 0.717) is 31.4 Å². The summed E-state index contributed by atoms with van der Waals surface area (Å²) in [6.07, 6.45) is 1.39. The lowest BCUT2D eigenvalue weighted by Gasteiger charge is -2.27. The van der Waals surface area contributed by atoms with E-state index < -0.39 is 18.1 Å². The van der Waals surface area contributed by atoms with Crippen LogP contribution in [0.4, 0.5) is 0 Å². The number of aryl methyl sites for hydroxylation is 1. The van der Waals surface area contributed by atoms with Crippen molar-refractivity contribution < 1.29 is 19.5 Å². The van der Waals surface area contributed by atoms with Gasteiger partial charge in [0.15, 0.2) is 0 Å². The maximum atomic E-state index is 13.1. The third-order valence-electron chi connectivity index (χ3n) is 5.02. The molecular weight excluding hydrogens is 356 g/mol. The van der Waals surface area contributed by atoms with Crippen molar-refractivity contribution >= 4 is 17.8 Å². The zero-order valence-electron chi connectivity index (χ0n) is 15.8. The van der Waals surface area contributed by atoms with Crippen LogP contribution in [0.5, 0.6) is 0 Å². The van der Waals surface area contributed by atoms with E-state index in [1.165, 1.54) is 4.90 Å². The fourth-order valence-corrected chi connectivity index (χ4v) is 3.48. The third kappa shape index (κ3) is 4.57. The number of amides is 2. The number of hydrogen-bond donors (Lipinski definition) is 2. The normalized spacial score (nSPS) is 17.2. The first kappa shape index (κ1) is 19.6. The Morgan fingerprint density at radius 3 is 2.43 bits per heavy atom. The first-order valence-corrected chi connectivity index (χ1v) is 9.40. The molecule has 6 nitrogen and oxygen atoms in total. The molecule has 6 heteroatoms. The van der Waals surface area contributed by atoms with Crippen molar-refractivity contribution in [2.24, 2.45) is 0 Å². The maximum Gasteiger partial charge on any atom is 0.326 e. The Labute approximate surface area is 164 Å². The predicted octanol–water partition coefficient (Wildman–Crippen LogP) is 2.41. The third-order valence-corrected chi connectivity index (χ3v) is 5.02. The number of hydrogen-bond acceptors (Lipinski definition) is 3. The molecule has 0 aromatic heterocycles. The number of carbonyl (C=O) groups is 3. The quantitative estimate of drug-likeness (QED) is 0.806. The standard InChI is InChI=1S/C22H24N2O4/c1-15-9-11-16(12-10-15)14-18(23-20(25)17-6-3-2-4-7-17)21(26)24-13-5-8-19(24)22(27)28/h2-4,6-7,9-12,18-19H,5,8,13-14H2,1H3,(H,23,25)(H,27,28)/t18-,19+/m0/s1. The van der Waals surface area contributed by atoms with Crippen LogP contribution in [0.25, 0.3) is 0 Å². The number of benzene rings is 2. The van der Waals surface area contributed by atoms with Crippen molar-refractivity contribution in [1.82, 2.24) is 10.2 Å². The number of carboxylic acid groups (broad SMARTS) is 1. The lowest BCUT2D eigenvalue weighted by molar-refractivity contribution is -0.148. The number of nitrogens with zero attached hydrogens (tertiary/aromatic N) is 1. The van der Waals surface area contributed by atoms with Gasteiger partial charge in [-0.2, -0.15) is 0 Å². The highest BCUT2D eigenvalue weighted by Crippen LogP contribution is 2.20. The highest BCUT2D eigenvalue weighted by Gasteiger charge is 2.37. The van der Waals surface area contributed by atoms with Crippen LogP contribution in [0.1, 0.15) is 34.3 Å². The zero-order valence-corrected chi connectivity index (χ0v) is 15.8. The van der Waals surface area contributed by atoms with Crippen LogP contribution in [0.2, 0.25) is 0 Å². The van der Waals surface area contributed by atoms with Crippen LogP contribution in [0.15, 0.2) is 54.6 Å². The van der Waals surface area contributed by atoms with Gasteiger partial charge in [-0.1, -0.05) is 48.0 Å². The summed E-state index contributed by atoms with van der Waals surface area (Å²) >= 11 is 0. The summed E-state index contributed by atoms with van der Waals surface area (Å²) in [5.41, 5.74) is 2.47. The van der Waals surface area contributed by atoms with Crippen molar-refractivity contribution in [2.75, 3.05) is 6.54 Å². The molecule has 1 heterocycles. The largest absolute Gasteiger partial charge is 0.480 e. The predicted molar refractivity (Wildman–Crippen MR) is 105 cm³/mol. The molecule has 0 unspecified atom stereocenters. The summed E-state index contributed by atoms with van der Waals surface area (Å²) in [5, 5.41) is 12.2. The Bertz CT molecular complexity index is 849. The van der Waals surface area contributed by atoms with Crippen LogP contribution < -0.4 is 5.32 Å². The lowest BCUT2D eigenvalue weighted by Crippen LogP contribution is -2.52. The van der Waals surface area contributed by atoms with Crippen LogP contribution in [-0.4, -0.2) is 46.4 Å². The molecule has 1 saturated heterocycles. The molecule has 146 valence electrons. The number of carboxylic acids is 1. The molecular formula is C22H24N2O4. The van der Waals surface area contributed by atoms with Crippen molar-refractivity contribution in [2.45, 2.75) is 38.3 Å². The van der Waals surface area contributed by atoms with Crippen LogP contribution in [0, 0.1) is 6.92 Å². The molecule has 28 heavy (non-hydrogen) atoms. The summed E-state index contributed by atoms with van der Waals surface area (Å²) in [5.74, 6) is -1.71. The number of nitrogens with one attached hydrogen (secondary N) is 1. The van der Waals surface area contributed by atoms with Gasteiger partial charge in [0.05, 0.1) is 0 Å². The summed E-state index contributed by atoms with van der Waals surface area (Å²) in [6, 6.07) is 14.8. The Kier molecular flexibility index (Phi) is 6.09. The average Bonchev–Trinajstić information content (AvgIpc) is 3.19.